The van der Waals surface area contributed by atoms with Crippen molar-refractivity contribution in [3.63, 3.8) is 0 Å². The van der Waals surface area contributed by atoms with E-state index in [9.17, 15) is 0 Å². The highest BCUT2D eigenvalue weighted by molar-refractivity contribution is 5.94. The van der Waals surface area contributed by atoms with Gasteiger partial charge >= 0.3 is 0 Å². The van der Waals surface area contributed by atoms with Crippen molar-refractivity contribution in [2.24, 2.45) is 10.7 Å². The molecule has 2 aromatic carbocycles. The smallest absolute Gasteiger partial charge is 0.193 e. The lowest BCUT2D eigenvalue weighted by atomic mass is 9.83. The van der Waals surface area contributed by atoms with Crippen LogP contribution in [0.5, 0.6) is 11.5 Å². The van der Waals surface area contributed by atoms with Gasteiger partial charge in [0.2, 0.25) is 0 Å². The highest BCUT2D eigenvalue weighted by Gasteiger charge is 2.19. The van der Waals surface area contributed by atoms with Gasteiger partial charge in [-0.25, -0.2) is 0 Å². The summed E-state index contributed by atoms with van der Waals surface area (Å²) in [5, 5.41) is 3.12. The number of nitrogens with zero attached hydrogens (tertiary/aromatic N) is 1. The number of rotatable bonds is 5. The number of hydrogen-bond donors (Lipinski definition) is 2. The SMILES string of the molecule is COc1ccc(OC)c(NC(N)=NCC2CCCc3ccccc32)c1. The van der Waals surface area contributed by atoms with Crippen LogP contribution in [-0.2, 0) is 6.42 Å². The van der Waals surface area contributed by atoms with E-state index in [-0.39, 0.29) is 0 Å². The van der Waals surface area contributed by atoms with Gasteiger partial charge < -0.3 is 20.5 Å². The molecule has 0 radical (unpaired) electrons. The second-order valence-electron chi connectivity index (χ2n) is 6.21. The van der Waals surface area contributed by atoms with E-state index in [2.05, 4.69) is 34.6 Å². The van der Waals surface area contributed by atoms with Gasteiger partial charge in [0.25, 0.3) is 0 Å². The molecule has 0 bridgehead atoms. The molecule has 1 unspecified atom stereocenters. The van der Waals surface area contributed by atoms with Crippen LogP contribution in [0.3, 0.4) is 0 Å². The molecule has 0 aromatic heterocycles. The average Bonchev–Trinajstić information content (AvgIpc) is 2.66. The van der Waals surface area contributed by atoms with Crippen molar-refractivity contribution in [3.8, 4) is 11.5 Å². The molecule has 0 amide bonds. The number of benzene rings is 2. The summed E-state index contributed by atoms with van der Waals surface area (Å²) in [6, 6.07) is 14.2. The second kappa shape index (κ2) is 7.92. The minimum Gasteiger partial charge on any atom is -0.497 e. The predicted octanol–water partition coefficient (Wildman–Crippen LogP) is 3.55. The van der Waals surface area contributed by atoms with Crippen molar-refractivity contribution in [2.45, 2.75) is 25.2 Å². The van der Waals surface area contributed by atoms with Gasteiger partial charge in [-0.05, 0) is 42.5 Å². The fraction of sp³-hybridized carbons (Fsp3) is 0.350. The Balaban J connectivity index is 1.71. The molecule has 0 aliphatic heterocycles. The molecule has 3 N–H and O–H groups in total. The summed E-state index contributed by atoms with van der Waals surface area (Å²) in [5.74, 6) is 2.24. The molecule has 0 saturated carbocycles. The molecular weight excluding hydrogens is 314 g/mol. The maximum absolute atomic E-state index is 6.10. The zero-order valence-corrected chi connectivity index (χ0v) is 14.8. The first-order valence-electron chi connectivity index (χ1n) is 8.58. The Hall–Kier alpha value is -2.69. The number of anilines is 1. The van der Waals surface area contributed by atoms with Crippen LogP contribution in [-0.4, -0.2) is 26.7 Å². The third-order valence-electron chi connectivity index (χ3n) is 4.65. The van der Waals surface area contributed by atoms with Crippen LogP contribution in [0.25, 0.3) is 0 Å². The van der Waals surface area contributed by atoms with Gasteiger partial charge in [0.05, 0.1) is 19.9 Å². The second-order valence-corrected chi connectivity index (χ2v) is 6.21. The number of nitrogens with two attached hydrogens (primary N) is 1. The normalized spacial score (nSPS) is 16.9. The first kappa shape index (κ1) is 17.1. The maximum Gasteiger partial charge on any atom is 0.193 e. The number of aryl methyl sites for hydroxylation is 1. The third-order valence-corrected chi connectivity index (χ3v) is 4.65. The summed E-state index contributed by atoms with van der Waals surface area (Å²) in [5.41, 5.74) is 9.69. The minimum absolute atomic E-state index is 0.384. The molecule has 1 atom stereocenters. The number of guanidine groups is 1. The van der Waals surface area contributed by atoms with Crippen LogP contribution in [0.2, 0.25) is 0 Å². The van der Waals surface area contributed by atoms with E-state index in [1.807, 2.05) is 18.2 Å². The molecule has 132 valence electrons. The van der Waals surface area contributed by atoms with Gasteiger partial charge in [-0.15, -0.1) is 0 Å². The molecule has 3 rings (SSSR count). The van der Waals surface area contributed by atoms with Crippen molar-refractivity contribution in [3.05, 3.63) is 53.6 Å². The van der Waals surface area contributed by atoms with Gasteiger partial charge in [0, 0.05) is 18.5 Å². The summed E-state index contributed by atoms with van der Waals surface area (Å²) in [7, 11) is 3.25. The summed E-state index contributed by atoms with van der Waals surface area (Å²) >= 11 is 0. The number of nitrogens with one attached hydrogen (secondary N) is 1. The maximum atomic E-state index is 6.10. The zero-order valence-electron chi connectivity index (χ0n) is 14.8. The molecular formula is C20H25N3O2. The standard InChI is InChI=1S/C20H25N3O2/c1-24-16-10-11-19(25-2)18(12-16)23-20(21)22-13-15-8-5-7-14-6-3-4-9-17(14)15/h3-4,6,9-12,15H,5,7-8,13H2,1-2H3,(H3,21,22,23). The van der Waals surface area contributed by atoms with Crippen LogP contribution in [0.4, 0.5) is 5.69 Å². The van der Waals surface area contributed by atoms with E-state index in [4.69, 9.17) is 15.2 Å². The Morgan fingerprint density at radius 2 is 2.04 bits per heavy atom. The number of hydrogen-bond acceptors (Lipinski definition) is 3. The average molecular weight is 339 g/mol. The number of ether oxygens (including phenoxy) is 2. The Labute approximate surface area is 148 Å². The molecule has 25 heavy (non-hydrogen) atoms. The van der Waals surface area contributed by atoms with Crippen LogP contribution in [0, 0.1) is 0 Å². The highest BCUT2D eigenvalue weighted by atomic mass is 16.5. The molecule has 0 spiro atoms. The molecule has 1 aliphatic rings. The van der Waals surface area contributed by atoms with Crippen molar-refractivity contribution in [1.29, 1.82) is 0 Å². The van der Waals surface area contributed by atoms with Gasteiger partial charge in [-0.2, -0.15) is 0 Å². The summed E-state index contributed by atoms with van der Waals surface area (Å²) in [6.07, 6.45) is 3.51. The molecule has 0 fully saturated rings. The molecule has 0 saturated heterocycles. The predicted molar refractivity (Wildman–Crippen MR) is 102 cm³/mol. The molecule has 0 heterocycles. The summed E-state index contributed by atoms with van der Waals surface area (Å²) in [4.78, 5) is 4.56. The van der Waals surface area contributed by atoms with Crippen LogP contribution < -0.4 is 20.5 Å². The first-order chi connectivity index (χ1) is 12.2. The van der Waals surface area contributed by atoms with Crippen LogP contribution in [0.15, 0.2) is 47.5 Å². The minimum atomic E-state index is 0.384. The van der Waals surface area contributed by atoms with Crippen molar-refractivity contribution in [1.82, 2.24) is 0 Å². The van der Waals surface area contributed by atoms with E-state index in [1.165, 1.54) is 17.5 Å². The van der Waals surface area contributed by atoms with Crippen LogP contribution in [0.1, 0.15) is 29.9 Å². The Morgan fingerprint density at radius 3 is 2.84 bits per heavy atom. The zero-order chi connectivity index (χ0) is 17.6. The number of aliphatic imine (C=N–C) groups is 1. The number of methoxy groups -OCH3 is 2. The third kappa shape index (κ3) is 4.05. The fourth-order valence-electron chi connectivity index (χ4n) is 3.34. The quantitative estimate of drug-likeness (QED) is 0.646. The van der Waals surface area contributed by atoms with E-state index in [0.717, 1.165) is 24.3 Å². The van der Waals surface area contributed by atoms with Gasteiger partial charge in [0.15, 0.2) is 5.96 Å². The van der Waals surface area contributed by atoms with Crippen molar-refractivity contribution < 1.29 is 9.47 Å². The topological polar surface area (TPSA) is 68.9 Å². The van der Waals surface area contributed by atoms with Gasteiger partial charge in [-0.1, -0.05) is 24.3 Å². The Morgan fingerprint density at radius 1 is 1.20 bits per heavy atom. The molecule has 2 aromatic rings. The van der Waals surface area contributed by atoms with Gasteiger partial charge in [0.1, 0.15) is 11.5 Å². The summed E-state index contributed by atoms with van der Waals surface area (Å²) in [6.45, 7) is 0.683. The highest BCUT2D eigenvalue weighted by Crippen LogP contribution is 2.32. The molecule has 1 aliphatic carbocycles. The van der Waals surface area contributed by atoms with Crippen LogP contribution >= 0.6 is 0 Å². The van der Waals surface area contributed by atoms with E-state index < -0.39 is 0 Å². The van der Waals surface area contributed by atoms with E-state index in [1.54, 1.807) is 14.2 Å². The first-order valence-corrected chi connectivity index (χ1v) is 8.58. The van der Waals surface area contributed by atoms with Gasteiger partial charge in [-0.3, -0.25) is 4.99 Å². The molecule has 5 heteroatoms. The molecule has 5 nitrogen and oxygen atoms in total. The monoisotopic (exact) mass is 339 g/mol. The summed E-state index contributed by atoms with van der Waals surface area (Å²) < 4.78 is 10.6. The largest absolute Gasteiger partial charge is 0.497 e. The Bertz CT molecular complexity index is 758. The number of fused-ring (bicyclic) bond motifs is 1. The lowest BCUT2D eigenvalue weighted by Gasteiger charge is -2.24. The lowest BCUT2D eigenvalue weighted by Crippen LogP contribution is -2.24. The van der Waals surface area contributed by atoms with Crippen molar-refractivity contribution >= 4 is 11.6 Å². The van der Waals surface area contributed by atoms with Crippen molar-refractivity contribution in [2.75, 3.05) is 26.1 Å². The van der Waals surface area contributed by atoms with E-state index in [0.29, 0.717) is 24.2 Å². The van der Waals surface area contributed by atoms with E-state index >= 15 is 0 Å². The lowest BCUT2D eigenvalue weighted by molar-refractivity contribution is 0.405. The fourth-order valence-corrected chi connectivity index (χ4v) is 3.34. The Kier molecular flexibility index (Phi) is 5.43.